The van der Waals surface area contributed by atoms with Gasteiger partial charge in [-0.25, -0.2) is 0 Å². The molecule has 3 nitrogen and oxygen atoms in total. The zero-order chi connectivity index (χ0) is 11.4. The summed E-state index contributed by atoms with van der Waals surface area (Å²) in [5.41, 5.74) is 0. The molecule has 0 spiro atoms. The molecule has 1 unspecified atom stereocenters. The van der Waals surface area contributed by atoms with Crippen LogP contribution in [-0.4, -0.2) is 49.8 Å². The molecular weight excluding hydrogens is 200 g/mol. The molecule has 0 amide bonds. The number of hydrogen-bond acceptors (Lipinski definition) is 3. The van der Waals surface area contributed by atoms with E-state index in [1.54, 1.807) is 0 Å². The van der Waals surface area contributed by atoms with E-state index in [1.165, 1.54) is 38.9 Å². The zero-order valence-electron chi connectivity index (χ0n) is 10.7. The Morgan fingerprint density at radius 2 is 2.00 bits per heavy atom. The first-order valence-electron chi connectivity index (χ1n) is 6.81. The largest absolute Gasteiger partial charge is 0.381 e. The van der Waals surface area contributed by atoms with Gasteiger partial charge in [0.05, 0.1) is 0 Å². The zero-order valence-corrected chi connectivity index (χ0v) is 10.7. The molecule has 2 fully saturated rings. The Hall–Kier alpha value is -0.120. The summed E-state index contributed by atoms with van der Waals surface area (Å²) in [4.78, 5) is 2.69. The maximum absolute atomic E-state index is 5.43. The number of ether oxygens (including phenoxy) is 1. The molecule has 1 N–H and O–H groups in total. The first-order valence-corrected chi connectivity index (χ1v) is 6.81. The summed E-state index contributed by atoms with van der Waals surface area (Å²) in [5, 5.41) is 3.56. The van der Waals surface area contributed by atoms with Crippen LogP contribution in [0.5, 0.6) is 0 Å². The van der Waals surface area contributed by atoms with E-state index in [1.807, 2.05) is 0 Å². The molecule has 0 aliphatic carbocycles. The molecule has 1 atom stereocenters. The average Bonchev–Trinajstić information content (AvgIpc) is 2.76. The monoisotopic (exact) mass is 226 g/mol. The van der Waals surface area contributed by atoms with Crippen molar-refractivity contribution in [2.24, 2.45) is 5.92 Å². The van der Waals surface area contributed by atoms with Crippen molar-refractivity contribution in [2.75, 3.05) is 32.8 Å². The molecule has 94 valence electrons. The minimum Gasteiger partial charge on any atom is -0.381 e. The van der Waals surface area contributed by atoms with Gasteiger partial charge in [-0.05, 0) is 38.3 Å². The van der Waals surface area contributed by atoms with Crippen molar-refractivity contribution in [3.05, 3.63) is 0 Å². The van der Waals surface area contributed by atoms with Gasteiger partial charge in [-0.3, -0.25) is 4.90 Å². The van der Waals surface area contributed by atoms with E-state index < -0.39 is 0 Å². The third-order valence-corrected chi connectivity index (χ3v) is 3.84. The fraction of sp³-hybridized carbons (Fsp3) is 1.00. The van der Waals surface area contributed by atoms with Gasteiger partial charge >= 0.3 is 0 Å². The van der Waals surface area contributed by atoms with E-state index in [-0.39, 0.29) is 0 Å². The van der Waals surface area contributed by atoms with Crippen molar-refractivity contribution in [3.8, 4) is 0 Å². The summed E-state index contributed by atoms with van der Waals surface area (Å²) < 4.78 is 5.43. The minimum atomic E-state index is 0.622. The van der Waals surface area contributed by atoms with Crippen LogP contribution in [0.3, 0.4) is 0 Å². The maximum Gasteiger partial charge on any atom is 0.0480 e. The van der Waals surface area contributed by atoms with Gasteiger partial charge in [-0.15, -0.1) is 0 Å². The predicted molar refractivity (Wildman–Crippen MR) is 66.7 cm³/mol. The SMILES string of the molecule is CC(C)NCC1CCN(C2CCOCC2)C1. The second kappa shape index (κ2) is 5.99. The summed E-state index contributed by atoms with van der Waals surface area (Å²) in [6, 6.07) is 1.43. The molecule has 2 saturated heterocycles. The van der Waals surface area contributed by atoms with Crippen molar-refractivity contribution in [1.82, 2.24) is 10.2 Å². The Balaban J connectivity index is 1.70. The van der Waals surface area contributed by atoms with Crippen LogP contribution in [0.4, 0.5) is 0 Å². The summed E-state index contributed by atoms with van der Waals surface area (Å²) >= 11 is 0. The lowest BCUT2D eigenvalue weighted by Gasteiger charge is -2.31. The normalized spacial score (nSPS) is 29.1. The number of nitrogens with zero attached hydrogens (tertiary/aromatic N) is 1. The average molecular weight is 226 g/mol. The van der Waals surface area contributed by atoms with Crippen molar-refractivity contribution >= 4 is 0 Å². The van der Waals surface area contributed by atoms with Crippen LogP contribution in [0.1, 0.15) is 33.1 Å². The van der Waals surface area contributed by atoms with E-state index in [2.05, 4.69) is 24.1 Å². The third-order valence-electron chi connectivity index (χ3n) is 3.84. The predicted octanol–water partition coefficient (Wildman–Crippen LogP) is 1.49. The lowest BCUT2D eigenvalue weighted by Crippen LogP contribution is -2.38. The van der Waals surface area contributed by atoms with Gasteiger partial charge in [0, 0.05) is 31.8 Å². The van der Waals surface area contributed by atoms with Crippen molar-refractivity contribution in [1.29, 1.82) is 0 Å². The van der Waals surface area contributed by atoms with E-state index >= 15 is 0 Å². The van der Waals surface area contributed by atoms with E-state index in [0.717, 1.165) is 25.2 Å². The van der Waals surface area contributed by atoms with Gasteiger partial charge < -0.3 is 10.1 Å². The first kappa shape index (κ1) is 12.3. The van der Waals surface area contributed by atoms with Crippen LogP contribution in [0, 0.1) is 5.92 Å². The van der Waals surface area contributed by atoms with Crippen molar-refractivity contribution < 1.29 is 4.74 Å². The van der Waals surface area contributed by atoms with Crippen LogP contribution in [-0.2, 0) is 4.74 Å². The summed E-state index contributed by atoms with van der Waals surface area (Å²) in [6.07, 6.45) is 3.85. The molecule has 16 heavy (non-hydrogen) atoms. The highest BCUT2D eigenvalue weighted by Gasteiger charge is 2.28. The topological polar surface area (TPSA) is 24.5 Å². The molecule has 0 radical (unpaired) electrons. The van der Waals surface area contributed by atoms with E-state index in [4.69, 9.17) is 4.74 Å². The van der Waals surface area contributed by atoms with Crippen LogP contribution in [0.25, 0.3) is 0 Å². The molecule has 3 heteroatoms. The molecule has 2 rings (SSSR count). The minimum absolute atomic E-state index is 0.622. The van der Waals surface area contributed by atoms with Gasteiger partial charge in [0.1, 0.15) is 0 Å². The maximum atomic E-state index is 5.43. The third kappa shape index (κ3) is 3.44. The first-order chi connectivity index (χ1) is 7.75. The van der Waals surface area contributed by atoms with E-state index in [0.29, 0.717) is 6.04 Å². The Morgan fingerprint density at radius 3 is 2.69 bits per heavy atom. The Labute approximate surface area is 99.5 Å². The lowest BCUT2D eigenvalue weighted by atomic mass is 10.1. The molecular formula is C13H26N2O. The molecule has 0 aromatic rings. The van der Waals surface area contributed by atoms with Crippen molar-refractivity contribution in [3.63, 3.8) is 0 Å². The Kier molecular flexibility index (Phi) is 4.62. The second-order valence-electron chi connectivity index (χ2n) is 5.56. The fourth-order valence-electron chi connectivity index (χ4n) is 2.81. The van der Waals surface area contributed by atoms with Gasteiger partial charge in [-0.2, -0.15) is 0 Å². The van der Waals surface area contributed by atoms with Gasteiger partial charge in [0.15, 0.2) is 0 Å². The highest BCUT2D eigenvalue weighted by Crippen LogP contribution is 2.23. The Morgan fingerprint density at radius 1 is 1.25 bits per heavy atom. The molecule has 0 aromatic carbocycles. The standard InChI is InChI=1S/C13H26N2O/c1-11(2)14-9-12-3-6-15(10-12)13-4-7-16-8-5-13/h11-14H,3-10H2,1-2H3. The lowest BCUT2D eigenvalue weighted by molar-refractivity contribution is 0.0411. The number of rotatable bonds is 4. The van der Waals surface area contributed by atoms with Crippen LogP contribution in [0.2, 0.25) is 0 Å². The van der Waals surface area contributed by atoms with Gasteiger partial charge in [-0.1, -0.05) is 13.8 Å². The summed E-state index contributed by atoms with van der Waals surface area (Å²) in [5.74, 6) is 0.866. The smallest absolute Gasteiger partial charge is 0.0480 e. The van der Waals surface area contributed by atoms with Gasteiger partial charge in [0.25, 0.3) is 0 Å². The molecule has 0 bridgehead atoms. The second-order valence-corrected chi connectivity index (χ2v) is 5.56. The molecule has 2 heterocycles. The van der Waals surface area contributed by atoms with Crippen LogP contribution in [0.15, 0.2) is 0 Å². The quantitative estimate of drug-likeness (QED) is 0.786. The fourth-order valence-corrected chi connectivity index (χ4v) is 2.81. The molecule has 2 aliphatic rings. The molecule has 2 aliphatic heterocycles. The van der Waals surface area contributed by atoms with Crippen LogP contribution < -0.4 is 5.32 Å². The number of hydrogen-bond donors (Lipinski definition) is 1. The van der Waals surface area contributed by atoms with Crippen LogP contribution >= 0.6 is 0 Å². The summed E-state index contributed by atoms with van der Waals surface area (Å²) in [6.45, 7) is 10.2. The summed E-state index contributed by atoms with van der Waals surface area (Å²) in [7, 11) is 0. The van der Waals surface area contributed by atoms with Gasteiger partial charge in [0.2, 0.25) is 0 Å². The molecule has 0 saturated carbocycles. The number of nitrogens with one attached hydrogen (secondary N) is 1. The number of likely N-dealkylation sites (tertiary alicyclic amines) is 1. The van der Waals surface area contributed by atoms with E-state index in [9.17, 15) is 0 Å². The Bertz CT molecular complexity index is 202. The highest BCUT2D eigenvalue weighted by atomic mass is 16.5. The van der Waals surface area contributed by atoms with Crippen molar-refractivity contribution in [2.45, 2.75) is 45.2 Å². The molecule has 0 aromatic heterocycles. The highest BCUT2D eigenvalue weighted by molar-refractivity contribution is 4.83.